The number of hydrogen-bond acceptors (Lipinski definition) is 2. The van der Waals surface area contributed by atoms with E-state index in [2.05, 4.69) is 45.0 Å². The molecule has 1 aromatic rings. The first kappa shape index (κ1) is 15.2. The zero-order chi connectivity index (χ0) is 13.8. The fourth-order valence-corrected chi connectivity index (χ4v) is 1.97. The summed E-state index contributed by atoms with van der Waals surface area (Å²) in [5.41, 5.74) is 2.54. The number of ether oxygens (including phenoxy) is 1. The lowest BCUT2D eigenvalue weighted by molar-refractivity contribution is -0.116. The zero-order valence-corrected chi connectivity index (χ0v) is 12.3. The van der Waals surface area contributed by atoms with Crippen LogP contribution in [0, 0.1) is 5.92 Å². The van der Waals surface area contributed by atoms with E-state index in [9.17, 15) is 4.79 Å². The molecule has 0 saturated carbocycles. The third kappa shape index (κ3) is 4.43. The summed E-state index contributed by atoms with van der Waals surface area (Å²) in [6.45, 7) is 6.90. The fraction of sp³-hybridized carbons (Fsp3) is 0.533. The minimum absolute atomic E-state index is 0.146. The molecular weight excluding hydrogens is 248 g/mol. The molecule has 0 aliphatic heterocycles. The Balaban J connectivity index is 2.76. The molecule has 0 aromatic heterocycles. The molecule has 0 radical (unpaired) electrons. The molecule has 3 heteroatoms. The number of halogens is 1. The van der Waals surface area contributed by atoms with Gasteiger partial charge < -0.3 is 4.74 Å². The molecule has 0 bridgehead atoms. The third-order valence-electron chi connectivity index (χ3n) is 2.99. The number of hydrogen-bond donors (Lipinski definition) is 0. The van der Waals surface area contributed by atoms with Crippen molar-refractivity contribution in [1.29, 1.82) is 0 Å². The second-order valence-corrected chi connectivity index (χ2v) is 5.98. The highest BCUT2D eigenvalue weighted by molar-refractivity contribution is 6.64. The molecular formula is C15H21ClO2. The summed E-state index contributed by atoms with van der Waals surface area (Å²) >= 11 is 5.56. The van der Waals surface area contributed by atoms with Crippen molar-refractivity contribution in [2.45, 2.75) is 32.6 Å². The largest absolute Gasteiger partial charge is 0.384 e. The molecule has 2 nitrogen and oxygen atoms in total. The first-order valence-corrected chi connectivity index (χ1v) is 6.50. The molecule has 100 valence electrons. The van der Waals surface area contributed by atoms with Crippen molar-refractivity contribution in [1.82, 2.24) is 0 Å². The molecule has 0 spiro atoms. The number of carbonyl (C=O) groups excluding carboxylic acids is 1. The Morgan fingerprint density at radius 2 is 1.83 bits per heavy atom. The van der Waals surface area contributed by atoms with Gasteiger partial charge in [0.25, 0.3) is 0 Å². The Bertz CT molecular complexity index is 390. The summed E-state index contributed by atoms with van der Waals surface area (Å²) in [5.74, 6) is -0.267. The van der Waals surface area contributed by atoms with Gasteiger partial charge in [-0.05, 0) is 34.6 Å². The van der Waals surface area contributed by atoms with Gasteiger partial charge in [0.15, 0.2) is 0 Å². The molecule has 1 aromatic carbocycles. The predicted molar refractivity (Wildman–Crippen MR) is 75.1 cm³/mol. The van der Waals surface area contributed by atoms with Crippen molar-refractivity contribution < 1.29 is 9.53 Å². The minimum atomic E-state index is -0.336. The van der Waals surface area contributed by atoms with E-state index in [1.807, 2.05) is 0 Å². The van der Waals surface area contributed by atoms with E-state index in [1.54, 1.807) is 7.11 Å². The molecule has 1 unspecified atom stereocenters. The maximum atomic E-state index is 11.2. The van der Waals surface area contributed by atoms with Gasteiger partial charge in [0, 0.05) is 7.11 Å². The first-order valence-electron chi connectivity index (χ1n) is 6.12. The molecule has 0 aliphatic carbocycles. The van der Waals surface area contributed by atoms with Gasteiger partial charge in [0.05, 0.1) is 12.5 Å². The first-order chi connectivity index (χ1) is 8.34. The van der Waals surface area contributed by atoms with Crippen LogP contribution in [0.25, 0.3) is 0 Å². The van der Waals surface area contributed by atoms with Gasteiger partial charge in [-0.3, -0.25) is 4.79 Å². The predicted octanol–water partition coefficient (Wildman–Crippen LogP) is 3.55. The van der Waals surface area contributed by atoms with Crippen LogP contribution in [-0.2, 0) is 21.4 Å². The molecule has 18 heavy (non-hydrogen) atoms. The van der Waals surface area contributed by atoms with E-state index in [0.29, 0.717) is 13.0 Å². The maximum Gasteiger partial charge on any atom is 0.227 e. The number of rotatable bonds is 5. The normalized spacial score (nSPS) is 13.4. The summed E-state index contributed by atoms with van der Waals surface area (Å²) < 4.78 is 5.01. The van der Waals surface area contributed by atoms with E-state index < -0.39 is 0 Å². The van der Waals surface area contributed by atoms with Gasteiger partial charge in [-0.25, -0.2) is 0 Å². The monoisotopic (exact) mass is 268 g/mol. The molecule has 0 N–H and O–H groups in total. The third-order valence-corrected chi connectivity index (χ3v) is 3.30. The van der Waals surface area contributed by atoms with Crippen LogP contribution in [0.15, 0.2) is 24.3 Å². The molecule has 0 fully saturated rings. The lowest BCUT2D eigenvalue weighted by atomic mass is 9.86. The van der Waals surface area contributed by atoms with Gasteiger partial charge in [-0.1, -0.05) is 45.0 Å². The fourth-order valence-electron chi connectivity index (χ4n) is 1.83. The van der Waals surface area contributed by atoms with E-state index in [1.165, 1.54) is 5.56 Å². The molecule has 1 atom stereocenters. The Morgan fingerprint density at radius 1 is 1.28 bits per heavy atom. The van der Waals surface area contributed by atoms with E-state index in [4.69, 9.17) is 16.3 Å². The molecule has 0 amide bonds. The standard InChI is InChI=1S/C15H21ClO2/c1-15(2,3)13-7-5-11(6-8-13)9-12(10-18-4)14(16)17/h5-8,12H,9-10H2,1-4H3. The molecule has 0 saturated heterocycles. The van der Waals surface area contributed by atoms with Gasteiger partial charge in [0.2, 0.25) is 5.24 Å². The Morgan fingerprint density at radius 3 is 2.22 bits per heavy atom. The van der Waals surface area contributed by atoms with Crippen molar-refractivity contribution in [3.05, 3.63) is 35.4 Å². The smallest absolute Gasteiger partial charge is 0.227 e. The van der Waals surface area contributed by atoms with Crippen LogP contribution in [0.1, 0.15) is 31.9 Å². The zero-order valence-electron chi connectivity index (χ0n) is 11.5. The van der Waals surface area contributed by atoms with Gasteiger partial charge in [0.1, 0.15) is 0 Å². The van der Waals surface area contributed by atoms with Crippen LogP contribution in [0.4, 0.5) is 0 Å². The highest BCUT2D eigenvalue weighted by Gasteiger charge is 2.18. The molecule has 0 heterocycles. The summed E-state index contributed by atoms with van der Waals surface area (Å²) in [5, 5.41) is -0.336. The molecule has 1 rings (SSSR count). The second kappa shape index (κ2) is 6.35. The van der Waals surface area contributed by atoms with Crippen LogP contribution in [-0.4, -0.2) is 19.0 Å². The summed E-state index contributed by atoms with van der Waals surface area (Å²) in [6, 6.07) is 8.34. The average Bonchev–Trinajstić information content (AvgIpc) is 2.28. The number of methoxy groups -OCH3 is 1. The highest BCUT2D eigenvalue weighted by atomic mass is 35.5. The Kier molecular flexibility index (Phi) is 5.36. The minimum Gasteiger partial charge on any atom is -0.384 e. The van der Waals surface area contributed by atoms with Crippen molar-refractivity contribution in [2.75, 3.05) is 13.7 Å². The highest BCUT2D eigenvalue weighted by Crippen LogP contribution is 2.23. The summed E-state index contributed by atoms with van der Waals surface area (Å²) in [4.78, 5) is 11.2. The van der Waals surface area contributed by atoms with Crippen LogP contribution in [0.5, 0.6) is 0 Å². The topological polar surface area (TPSA) is 26.3 Å². The maximum absolute atomic E-state index is 11.2. The van der Waals surface area contributed by atoms with Crippen molar-refractivity contribution in [3.63, 3.8) is 0 Å². The second-order valence-electron chi connectivity index (χ2n) is 5.61. The van der Waals surface area contributed by atoms with Crippen molar-refractivity contribution >= 4 is 16.8 Å². The van der Waals surface area contributed by atoms with Crippen molar-refractivity contribution in [3.8, 4) is 0 Å². The van der Waals surface area contributed by atoms with Crippen LogP contribution < -0.4 is 0 Å². The molecule has 0 aliphatic rings. The van der Waals surface area contributed by atoms with Gasteiger partial charge in [-0.2, -0.15) is 0 Å². The quantitative estimate of drug-likeness (QED) is 0.764. The van der Waals surface area contributed by atoms with Crippen LogP contribution in [0.2, 0.25) is 0 Å². The lowest BCUT2D eigenvalue weighted by Gasteiger charge is -2.19. The SMILES string of the molecule is COCC(Cc1ccc(C(C)(C)C)cc1)C(=O)Cl. The van der Waals surface area contributed by atoms with E-state index in [0.717, 1.165) is 5.56 Å². The Hall–Kier alpha value is -0.860. The van der Waals surface area contributed by atoms with E-state index in [-0.39, 0.29) is 16.6 Å². The van der Waals surface area contributed by atoms with E-state index >= 15 is 0 Å². The number of carbonyl (C=O) groups is 1. The summed E-state index contributed by atoms with van der Waals surface area (Å²) in [7, 11) is 1.58. The van der Waals surface area contributed by atoms with Gasteiger partial charge >= 0.3 is 0 Å². The number of benzene rings is 1. The Labute approximate surface area is 114 Å². The average molecular weight is 269 g/mol. The van der Waals surface area contributed by atoms with Crippen LogP contribution in [0.3, 0.4) is 0 Å². The van der Waals surface area contributed by atoms with Crippen molar-refractivity contribution in [2.24, 2.45) is 5.92 Å². The van der Waals surface area contributed by atoms with Gasteiger partial charge in [-0.15, -0.1) is 0 Å². The lowest BCUT2D eigenvalue weighted by Crippen LogP contribution is -2.18. The van der Waals surface area contributed by atoms with Crippen LogP contribution >= 0.6 is 11.6 Å². The summed E-state index contributed by atoms with van der Waals surface area (Å²) in [6.07, 6.45) is 0.626.